The number of hydrogen-bond donors (Lipinski definition) is 1. The summed E-state index contributed by atoms with van der Waals surface area (Å²) in [7, 11) is 0. The second-order valence-electron chi connectivity index (χ2n) is 5.18. The molecule has 1 aromatic heterocycles. The van der Waals surface area contributed by atoms with Gasteiger partial charge in [-0.15, -0.1) is 11.3 Å². The molecule has 1 heterocycles. The summed E-state index contributed by atoms with van der Waals surface area (Å²) in [4.78, 5) is 1.45. The third kappa shape index (κ3) is 3.09. The third-order valence-corrected chi connectivity index (χ3v) is 4.66. The molecule has 2 N–H and O–H groups in total. The maximum absolute atomic E-state index is 6.33. The van der Waals surface area contributed by atoms with Gasteiger partial charge in [0.05, 0.1) is 0 Å². The van der Waals surface area contributed by atoms with Gasteiger partial charge in [-0.05, 0) is 53.1 Å². The van der Waals surface area contributed by atoms with E-state index in [0.29, 0.717) is 0 Å². The molecule has 0 radical (unpaired) electrons. The highest BCUT2D eigenvalue weighted by molar-refractivity contribution is 7.09. The van der Waals surface area contributed by atoms with E-state index in [1.54, 1.807) is 0 Å². The molecule has 0 fully saturated rings. The molecular formula is C18H19NS. The van der Waals surface area contributed by atoms with Gasteiger partial charge in [-0.2, -0.15) is 0 Å². The van der Waals surface area contributed by atoms with Crippen LogP contribution in [0, 0.1) is 0 Å². The lowest BCUT2D eigenvalue weighted by molar-refractivity contribution is 0.614. The Bertz CT molecular complexity index is 673. The topological polar surface area (TPSA) is 26.0 Å². The van der Waals surface area contributed by atoms with Crippen LogP contribution in [0.2, 0.25) is 0 Å². The second kappa shape index (κ2) is 6.21. The lowest BCUT2D eigenvalue weighted by Gasteiger charge is -2.12. The fraction of sp³-hybridized carbons (Fsp3) is 0.222. The molecule has 0 spiro atoms. The Morgan fingerprint density at radius 1 is 0.950 bits per heavy atom. The third-order valence-electron chi connectivity index (χ3n) is 3.72. The maximum atomic E-state index is 6.33. The summed E-state index contributed by atoms with van der Waals surface area (Å²) >= 11 is 1.83. The minimum atomic E-state index is 0.138. The number of fused-ring (bicyclic) bond motifs is 1. The first-order valence-corrected chi connectivity index (χ1v) is 7.97. The first-order chi connectivity index (χ1) is 9.83. The van der Waals surface area contributed by atoms with Crippen LogP contribution in [0.15, 0.2) is 60.0 Å². The van der Waals surface area contributed by atoms with Gasteiger partial charge in [-0.3, -0.25) is 0 Å². The SMILES string of the molecule is NC(CCCc1cccs1)c1ccc2ccccc2c1. The van der Waals surface area contributed by atoms with Crippen molar-refractivity contribution in [3.8, 4) is 0 Å². The molecule has 102 valence electrons. The molecule has 1 atom stereocenters. The molecule has 2 aromatic carbocycles. The van der Waals surface area contributed by atoms with Crippen molar-refractivity contribution in [1.82, 2.24) is 0 Å². The number of rotatable bonds is 5. The molecule has 2 heteroatoms. The molecule has 0 aliphatic rings. The van der Waals surface area contributed by atoms with Crippen molar-refractivity contribution >= 4 is 22.1 Å². The zero-order chi connectivity index (χ0) is 13.8. The van der Waals surface area contributed by atoms with E-state index in [0.717, 1.165) is 19.3 Å². The summed E-state index contributed by atoms with van der Waals surface area (Å²) in [5.41, 5.74) is 7.57. The molecule has 1 unspecified atom stereocenters. The van der Waals surface area contributed by atoms with E-state index >= 15 is 0 Å². The summed E-state index contributed by atoms with van der Waals surface area (Å²) in [6, 6.07) is 19.5. The van der Waals surface area contributed by atoms with Crippen molar-refractivity contribution in [2.45, 2.75) is 25.3 Å². The quantitative estimate of drug-likeness (QED) is 0.705. The van der Waals surface area contributed by atoms with Gasteiger partial charge in [0.15, 0.2) is 0 Å². The van der Waals surface area contributed by atoms with Crippen LogP contribution in [-0.2, 0) is 6.42 Å². The van der Waals surface area contributed by atoms with Crippen LogP contribution >= 0.6 is 11.3 Å². The van der Waals surface area contributed by atoms with Crippen LogP contribution in [0.5, 0.6) is 0 Å². The second-order valence-corrected chi connectivity index (χ2v) is 6.22. The first-order valence-electron chi connectivity index (χ1n) is 7.09. The highest BCUT2D eigenvalue weighted by Crippen LogP contribution is 2.23. The van der Waals surface area contributed by atoms with E-state index in [-0.39, 0.29) is 6.04 Å². The Hall–Kier alpha value is -1.64. The highest BCUT2D eigenvalue weighted by atomic mass is 32.1. The lowest BCUT2D eigenvalue weighted by atomic mass is 9.98. The Labute approximate surface area is 124 Å². The molecule has 0 aliphatic heterocycles. The zero-order valence-corrected chi connectivity index (χ0v) is 12.3. The highest BCUT2D eigenvalue weighted by Gasteiger charge is 2.07. The summed E-state index contributed by atoms with van der Waals surface area (Å²) in [6.45, 7) is 0. The van der Waals surface area contributed by atoms with Crippen LogP contribution in [-0.4, -0.2) is 0 Å². The largest absolute Gasteiger partial charge is 0.324 e. The Morgan fingerprint density at radius 2 is 1.80 bits per heavy atom. The van der Waals surface area contributed by atoms with Gasteiger partial charge in [0, 0.05) is 10.9 Å². The van der Waals surface area contributed by atoms with E-state index in [2.05, 4.69) is 60.0 Å². The van der Waals surface area contributed by atoms with Crippen molar-refractivity contribution < 1.29 is 0 Å². The number of benzene rings is 2. The van der Waals surface area contributed by atoms with Gasteiger partial charge in [-0.25, -0.2) is 0 Å². The van der Waals surface area contributed by atoms with E-state index in [9.17, 15) is 0 Å². The normalized spacial score (nSPS) is 12.7. The van der Waals surface area contributed by atoms with Gasteiger partial charge in [0.1, 0.15) is 0 Å². The lowest BCUT2D eigenvalue weighted by Crippen LogP contribution is -2.10. The average molecular weight is 281 g/mol. The van der Waals surface area contributed by atoms with Crippen LogP contribution in [0.25, 0.3) is 10.8 Å². The summed E-state index contributed by atoms with van der Waals surface area (Å²) in [5.74, 6) is 0. The van der Waals surface area contributed by atoms with Crippen molar-refractivity contribution in [2.24, 2.45) is 5.73 Å². The van der Waals surface area contributed by atoms with Gasteiger partial charge >= 0.3 is 0 Å². The standard InChI is InChI=1S/C18H19NS/c19-18(9-3-7-17-8-4-12-20-17)16-11-10-14-5-1-2-6-15(14)13-16/h1-2,4-6,8,10-13,18H,3,7,9,19H2. The molecule has 0 saturated carbocycles. The molecule has 0 bridgehead atoms. The monoisotopic (exact) mass is 281 g/mol. The fourth-order valence-corrected chi connectivity index (χ4v) is 3.31. The van der Waals surface area contributed by atoms with Gasteiger partial charge in [0.25, 0.3) is 0 Å². The van der Waals surface area contributed by atoms with Crippen LogP contribution in [0.1, 0.15) is 29.3 Å². The number of nitrogens with two attached hydrogens (primary N) is 1. The number of aryl methyl sites for hydroxylation is 1. The Kier molecular flexibility index (Phi) is 4.14. The first kappa shape index (κ1) is 13.3. The molecule has 0 aliphatic carbocycles. The molecular weight excluding hydrogens is 262 g/mol. The molecule has 0 saturated heterocycles. The Balaban J connectivity index is 1.64. The fourth-order valence-electron chi connectivity index (χ4n) is 2.56. The van der Waals surface area contributed by atoms with E-state index in [1.165, 1.54) is 21.2 Å². The Morgan fingerprint density at radius 3 is 2.60 bits per heavy atom. The van der Waals surface area contributed by atoms with Crippen LogP contribution < -0.4 is 5.73 Å². The smallest absolute Gasteiger partial charge is 0.0295 e. The van der Waals surface area contributed by atoms with E-state index in [4.69, 9.17) is 5.73 Å². The number of thiophene rings is 1. The zero-order valence-electron chi connectivity index (χ0n) is 11.5. The van der Waals surface area contributed by atoms with E-state index < -0.39 is 0 Å². The van der Waals surface area contributed by atoms with Crippen molar-refractivity contribution in [3.05, 3.63) is 70.4 Å². The van der Waals surface area contributed by atoms with Crippen molar-refractivity contribution in [1.29, 1.82) is 0 Å². The summed E-state index contributed by atoms with van der Waals surface area (Å²) < 4.78 is 0. The van der Waals surface area contributed by atoms with Crippen LogP contribution in [0.4, 0.5) is 0 Å². The van der Waals surface area contributed by atoms with Crippen LogP contribution in [0.3, 0.4) is 0 Å². The minimum Gasteiger partial charge on any atom is -0.324 e. The summed E-state index contributed by atoms with van der Waals surface area (Å²) in [5, 5.41) is 4.69. The molecule has 0 amide bonds. The van der Waals surface area contributed by atoms with Gasteiger partial charge in [-0.1, -0.05) is 42.5 Å². The van der Waals surface area contributed by atoms with Gasteiger partial charge in [0.2, 0.25) is 0 Å². The van der Waals surface area contributed by atoms with Crippen molar-refractivity contribution in [2.75, 3.05) is 0 Å². The number of hydrogen-bond acceptors (Lipinski definition) is 2. The maximum Gasteiger partial charge on any atom is 0.0295 e. The summed E-state index contributed by atoms with van der Waals surface area (Å²) in [6.07, 6.45) is 3.32. The molecule has 1 nitrogen and oxygen atoms in total. The minimum absolute atomic E-state index is 0.138. The predicted octanol–water partition coefficient (Wildman–Crippen LogP) is 4.92. The molecule has 3 aromatic rings. The van der Waals surface area contributed by atoms with Gasteiger partial charge < -0.3 is 5.73 Å². The predicted molar refractivity (Wildman–Crippen MR) is 88.1 cm³/mol. The molecule has 3 rings (SSSR count). The van der Waals surface area contributed by atoms with Crippen molar-refractivity contribution in [3.63, 3.8) is 0 Å². The average Bonchev–Trinajstić information content (AvgIpc) is 3.00. The van der Waals surface area contributed by atoms with E-state index in [1.807, 2.05) is 11.3 Å². The molecule has 20 heavy (non-hydrogen) atoms.